The highest BCUT2D eigenvalue weighted by Crippen LogP contribution is 2.22. The third kappa shape index (κ3) is 3.92. The van der Waals surface area contributed by atoms with Crippen molar-refractivity contribution >= 4 is 23.3 Å². The molecule has 116 valence electrons. The van der Waals surface area contributed by atoms with E-state index in [9.17, 15) is 4.79 Å². The first-order valence-electron chi connectivity index (χ1n) is 6.93. The molecule has 1 aromatic heterocycles. The summed E-state index contributed by atoms with van der Waals surface area (Å²) in [5.41, 5.74) is 2.61. The Balaban J connectivity index is 1.97. The number of thiocarbonyl (C=S) groups is 1. The molecule has 6 heteroatoms. The predicted octanol–water partition coefficient (Wildman–Crippen LogP) is 2.80. The van der Waals surface area contributed by atoms with E-state index in [2.05, 4.69) is 55.5 Å². The van der Waals surface area contributed by atoms with Gasteiger partial charge in [-0.3, -0.25) is 0 Å². The molecule has 0 atom stereocenters. The Morgan fingerprint density at radius 1 is 1.32 bits per heavy atom. The summed E-state index contributed by atoms with van der Waals surface area (Å²) in [5.74, 6) is -1.02. The molecule has 22 heavy (non-hydrogen) atoms. The molecular weight excluding hydrogens is 298 g/mol. The van der Waals surface area contributed by atoms with Crippen LogP contribution in [0.4, 0.5) is 0 Å². The first-order valence-corrected chi connectivity index (χ1v) is 7.34. The van der Waals surface area contributed by atoms with Crippen LogP contribution in [-0.4, -0.2) is 26.0 Å². The van der Waals surface area contributed by atoms with Gasteiger partial charge in [-0.15, -0.1) is 0 Å². The summed E-state index contributed by atoms with van der Waals surface area (Å²) in [6.07, 6.45) is 2.66. The van der Waals surface area contributed by atoms with Gasteiger partial charge in [0.25, 0.3) is 0 Å². The molecule has 1 heterocycles. The van der Waals surface area contributed by atoms with Crippen LogP contribution < -0.4 is 5.32 Å². The second-order valence-electron chi connectivity index (χ2n) is 6.08. The number of carboxylic acid groups (broad SMARTS) is 1. The van der Waals surface area contributed by atoms with Crippen molar-refractivity contribution in [2.45, 2.75) is 32.7 Å². The fourth-order valence-electron chi connectivity index (χ4n) is 1.93. The second kappa shape index (κ2) is 6.27. The summed E-state index contributed by atoms with van der Waals surface area (Å²) in [5, 5.41) is 16.2. The minimum absolute atomic E-state index is 0.110. The van der Waals surface area contributed by atoms with Gasteiger partial charge in [0, 0.05) is 12.7 Å². The highest BCUT2D eigenvalue weighted by atomic mass is 32.1. The van der Waals surface area contributed by atoms with Gasteiger partial charge in [0.1, 0.15) is 0 Å². The Morgan fingerprint density at radius 3 is 2.45 bits per heavy atom. The van der Waals surface area contributed by atoms with Crippen LogP contribution in [-0.2, 0) is 12.0 Å². The average Bonchev–Trinajstić information content (AvgIpc) is 2.94. The molecule has 0 spiro atoms. The van der Waals surface area contributed by atoms with E-state index in [1.54, 1.807) is 0 Å². The lowest BCUT2D eigenvalue weighted by molar-refractivity contribution is 0.0697. The maximum Gasteiger partial charge on any atom is 0.338 e. The van der Waals surface area contributed by atoms with Crippen molar-refractivity contribution in [1.29, 1.82) is 0 Å². The van der Waals surface area contributed by atoms with Crippen LogP contribution in [0, 0.1) is 0 Å². The van der Waals surface area contributed by atoms with E-state index < -0.39 is 5.97 Å². The third-order valence-electron chi connectivity index (χ3n) is 3.30. The molecule has 1 aromatic carbocycles. The number of carbonyl (C=O) groups is 1. The van der Waals surface area contributed by atoms with Crippen LogP contribution in [0.3, 0.4) is 0 Å². The number of aromatic nitrogens is 2. The van der Waals surface area contributed by atoms with Gasteiger partial charge in [-0.05, 0) is 28.8 Å². The maximum atomic E-state index is 10.8. The third-order valence-corrected chi connectivity index (χ3v) is 3.63. The van der Waals surface area contributed by atoms with Gasteiger partial charge in [-0.25, -0.2) is 9.48 Å². The molecule has 0 aliphatic carbocycles. The number of aromatic carboxylic acids is 1. The Kier molecular flexibility index (Phi) is 4.61. The summed E-state index contributed by atoms with van der Waals surface area (Å²) in [6.45, 7) is 7.08. The van der Waals surface area contributed by atoms with Gasteiger partial charge in [-0.2, -0.15) is 5.10 Å². The zero-order valence-corrected chi connectivity index (χ0v) is 13.6. The van der Waals surface area contributed by atoms with Crippen molar-refractivity contribution in [3.63, 3.8) is 0 Å². The number of nitrogens with zero attached hydrogens (tertiary/aromatic N) is 2. The Morgan fingerprint density at radius 2 is 1.95 bits per heavy atom. The number of hydrogen-bond acceptors (Lipinski definition) is 3. The normalized spacial score (nSPS) is 11.2. The molecule has 2 N–H and O–H groups in total. The second-order valence-corrected chi connectivity index (χ2v) is 6.47. The van der Waals surface area contributed by atoms with E-state index in [1.807, 2.05) is 0 Å². The first-order chi connectivity index (χ1) is 10.3. The van der Waals surface area contributed by atoms with Gasteiger partial charge < -0.3 is 10.4 Å². The number of rotatable bonds is 3. The summed E-state index contributed by atoms with van der Waals surface area (Å²) >= 11 is 5.20. The average molecular weight is 317 g/mol. The predicted molar refractivity (Wildman–Crippen MR) is 89.2 cm³/mol. The van der Waals surface area contributed by atoms with Crippen molar-refractivity contribution in [3.05, 3.63) is 53.3 Å². The van der Waals surface area contributed by atoms with Crippen LogP contribution >= 0.6 is 12.2 Å². The smallest absolute Gasteiger partial charge is 0.338 e. The van der Waals surface area contributed by atoms with E-state index in [-0.39, 0.29) is 11.0 Å². The number of benzene rings is 1. The van der Waals surface area contributed by atoms with Gasteiger partial charge in [0.05, 0.1) is 11.8 Å². The Labute approximate surface area is 135 Å². The topological polar surface area (TPSA) is 67.2 Å². The zero-order chi connectivity index (χ0) is 16.3. The van der Waals surface area contributed by atoms with Crippen LogP contribution in [0.25, 0.3) is 0 Å². The van der Waals surface area contributed by atoms with Crippen LogP contribution in [0.2, 0.25) is 0 Å². The first kappa shape index (κ1) is 16.2. The number of carboxylic acids is 1. The van der Waals surface area contributed by atoms with E-state index in [0.29, 0.717) is 11.7 Å². The molecular formula is C16H19N3O2S. The molecule has 0 radical (unpaired) electrons. The number of nitrogens with one attached hydrogen (secondary N) is 1. The quantitative estimate of drug-likeness (QED) is 0.852. The molecule has 0 aliphatic heterocycles. The molecule has 0 saturated heterocycles. The van der Waals surface area contributed by atoms with Gasteiger partial charge in [-0.1, -0.05) is 45.0 Å². The molecule has 0 saturated carbocycles. The summed E-state index contributed by atoms with van der Waals surface area (Å²) in [6, 6.07) is 8.33. The summed E-state index contributed by atoms with van der Waals surface area (Å²) in [7, 11) is 0. The van der Waals surface area contributed by atoms with Crippen LogP contribution in [0.15, 0.2) is 36.7 Å². The molecule has 0 aliphatic rings. The zero-order valence-electron chi connectivity index (χ0n) is 12.8. The van der Waals surface area contributed by atoms with E-state index in [4.69, 9.17) is 17.3 Å². The van der Waals surface area contributed by atoms with E-state index >= 15 is 0 Å². The Bertz CT molecular complexity index is 684. The van der Waals surface area contributed by atoms with Gasteiger partial charge >= 0.3 is 5.97 Å². The molecule has 5 nitrogen and oxygen atoms in total. The molecule has 2 rings (SSSR count). The Hall–Kier alpha value is -2.21. The van der Waals surface area contributed by atoms with Crippen molar-refractivity contribution in [3.8, 4) is 0 Å². The lowest BCUT2D eigenvalue weighted by atomic mass is 9.87. The van der Waals surface area contributed by atoms with Crippen molar-refractivity contribution in [1.82, 2.24) is 15.1 Å². The number of hydrogen-bond donors (Lipinski definition) is 2. The van der Waals surface area contributed by atoms with Gasteiger partial charge in [0.15, 0.2) is 5.11 Å². The monoisotopic (exact) mass is 317 g/mol. The molecule has 0 unspecified atom stereocenters. The molecule has 0 fully saturated rings. The van der Waals surface area contributed by atoms with Crippen molar-refractivity contribution in [2.75, 3.05) is 0 Å². The standard InChI is InChI=1S/C16H19N3O2S/c1-16(2,3)13-6-4-11(5-7-13)8-17-15(22)19-10-12(9-18-19)14(20)21/h4-7,9-10H,8H2,1-3H3,(H,17,22)(H,20,21). The maximum absolute atomic E-state index is 10.8. The molecule has 0 amide bonds. The fraction of sp³-hybridized carbons (Fsp3) is 0.312. The highest BCUT2D eigenvalue weighted by molar-refractivity contribution is 7.80. The van der Waals surface area contributed by atoms with Crippen LogP contribution in [0.5, 0.6) is 0 Å². The largest absolute Gasteiger partial charge is 0.478 e. The lowest BCUT2D eigenvalue weighted by Crippen LogP contribution is -2.28. The molecule has 0 bridgehead atoms. The fourth-order valence-corrected chi connectivity index (χ4v) is 2.10. The summed E-state index contributed by atoms with van der Waals surface area (Å²) < 4.78 is 1.35. The SMILES string of the molecule is CC(C)(C)c1ccc(CNC(=S)n2cc(C(=O)O)cn2)cc1. The van der Waals surface area contributed by atoms with Gasteiger partial charge in [0.2, 0.25) is 0 Å². The summed E-state index contributed by atoms with van der Waals surface area (Å²) in [4.78, 5) is 10.8. The highest BCUT2D eigenvalue weighted by Gasteiger charge is 2.13. The van der Waals surface area contributed by atoms with Crippen molar-refractivity contribution in [2.24, 2.45) is 0 Å². The molecule has 2 aromatic rings. The lowest BCUT2D eigenvalue weighted by Gasteiger charge is -2.19. The van der Waals surface area contributed by atoms with E-state index in [0.717, 1.165) is 5.56 Å². The van der Waals surface area contributed by atoms with E-state index in [1.165, 1.54) is 22.6 Å². The van der Waals surface area contributed by atoms with Crippen molar-refractivity contribution < 1.29 is 9.90 Å². The van der Waals surface area contributed by atoms with Crippen LogP contribution in [0.1, 0.15) is 42.3 Å². The minimum Gasteiger partial charge on any atom is -0.478 e. The minimum atomic E-state index is -1.02.